The van der Waals surface area contributed by atoms with Crippen molar-refractivity contribution >= 4 is 16.6 Å². The number of fused-ring (bicyclic) bond motifs is 1. The molecule has 112 valence electrons. The molecule has 0 amide bonds. The molecule has 0 bridgehead atoms. The third-order valence-corrected chi connectivity index (χ3v) is 5.00. The molecule has 0 N–H and O–H groups in total. The fourth-order valence-corrected chi connectivity index (χ4v) is 4.20. The Morgan fingerprint density at radius 2 is 1.82 bits per heavy atom. The Balaban J connectivity index is 2.01. The van der Waals surface area contributed by atoms with E-state index in [1.54, 1.807) is 0 Å². The van der Waals surface area contributed by atoms with Gasteiger partial charge in [0.15, 0.2) is 5.60 Å². The lowest BCUT2D eigenvalue weighted by atomic mass is 9.65. The normalized spacial score (nSPS) is 28.0. The van der Waals surface area contributed by atoms with Gasteiger partial charge in [0.1, 0.15) is 0 Å². The van der Waals surface area contributed by atoms with Crippen LogP contribution in [0.5, 0.6) is 0 Å². The molecule has 1 fully saturated rings. The second-order valence-electron chi connectivity index (χ2n) is 7.20. The number of hydrogen-bond acceptors (Lipinski definition) is 2. The molecule has 0 radical (unpaired) electrons. The molecule has 2 aliphatic rings. The molecular weight excluding hydrogens is 272 g/mol. The third kappa shape index (κ3) is 1.46. The molecule has 1 saturated heterocycles. The smallest absolute Gasteiger partial charge is 0.200 e. The van der Waals surface area contributed by atoms with Crippen molar-refractivity contribution in [2.75, 3.05) is 0 Å². The predicted octanol–water partition coefficient (Wildman–Crippen LogP) is 4.62. The van der Waals surface area contributed by atoms with Gasteiger partial charge in [-0.15, -0.1) is 0 Å². The molecule has 1 aliphatic heterocycles. The fourth-order valence-electron chi connectivity index (χ4n) is 4.20. The average Bonchev–Trinajstić information content (AvgIpc) is 2.71. The van der Waals surface area contributed by atoms with Crippen molar-refractivity contribution in [1.29, 1.82) is 0 Å². The van der Waals surface area contributed by atoms with Gasteiger partial charge in [0.2, 0.25) is 5.78 Å². The van der Waals surface area contributed by atoms with Crippen molar-refractivity contribution in [3.63, 3.8) is 0 Å². The van der Waals surface area contributed by atoms with Gasteiger partial charge in [0, 0.05) is 17.0 Å². The summed E-state index contributed by atoms with van der Waals surface area (Å²) in [5.74, 6) is 0.177. The summed E-state index contributed by atoms with van der Waals surface area (Å²) in [5, 5.41) is 2.18. The monoisotopic (exact) mass is 292 g/mol. The van der Waals surface area contributed by atoms with Crippen LogP contribution in [-0.2, 0) is 10.3 Å². The second-order valence-corrected chi connectivity index (χ2v) is 7.20. The zero-order valence-corrected chi connectivity index (χ0v) is 13.4. The lowest BCUT2D eigenvalue weighted by Crippen LogP contribution is -2.65. The minimum Gasteiger partial charge on any atom is -0.355 e. The van der Waals surface area contributed by atoms with Crippen LogP contribution in [-0.4, -0.2) is 11.4 Å². The van der Waals surface area contributed by atoms with Gasteiger partial charge in [0.25, 0.3) is 0 Å². The largest absolute Gasteiger partial charge is 0.355 e. The van der Waals surface area contributed by atoms with E-state index >= 15 is 0 Å². The highest BCUT2D eigenvalue weighted by molar-refractivity contribution is 6.20. The molecule has 2 unspecified atom stereocenters. The topological polar surface area (TPSA) is 26.3 Å². The fraction of sp³-hybridized carbons (Fsp3) is 0.350. The van der Waals surface area contributed by atoms with E-state index in [0.29, 0.717) is 0 Å². The van der Waals surface area contributed by atoms with Gasteiger partial charge in [-0.05, 0) is 38.5 Å². The van der Waals surface area contributed by atoms with Gasteiger partial charge >= 0.3 is 0 Å². The SMILES string of the molecule is CC(C)=CC1C(C)(C)OC12C(=O)c1cccc3cccc2c13. The van der Waals surface area contributed by atoms with Crippen molar-refractivity contribution in [3.8, 4) is 0 Å². The Morgan fingerprint density at radius 3 is 2.45 bits per heavy atom. The highest BCUT2D eigenvalue weighted by Crippen LogP contribution is 2.60. The quantitative estimate of drug-likeness (QED) is 0.717. The van der Waals surface area contributed by atoms with Gasteiger partial charge in [-0.2, -0.15) is 0 Å². The van der Waals surface area contributed by atoms with Gasteiger partial charge in [0.05, 0.1) is 5.60 Å². The standard InChI is InChI=1S/C20H20O2/c1-12(2)11-16-19(3,4)22-20(16)15-10-6-8-13-7-5-9-14(17(13)15)18(20)21/h5-11,16H,1-4H3. The van der Waals surface area contributed by atoms with Crippen LogP contribution >= 0.6 is 0 Å². The number of hydrogen-bond donors (Lipinski definition) is 0. The maximum Gasteiger partial charge on any atom is 0.200 e. The van der Waals surface area contributed by atoms with Gasteiger partial charge in [-0.25, -0.2) is 0 Å². The minimum atomic E-state index is -0.829. The molecule has 1 spiro atoms. The average molecular weight is 292 g/mol. The molecule has 2 aromatic carbocycles. The molecule has 2 atom stereocenters. The first-order chi connectivity index (χ1) is 10.4. The first-order valence-corrected chi connectivity index (χ1v) is 7.80. The molecule has 0 aromatic heterocycles. The highest BCUT2D eigenvalue weighted by Gasteiger charge is 2.67. The van der Waals surface area contributed by atoms with Crippen molar-refractivity contribution < 1.29 is 9.53 Å². The van der Waals surface area contributed by atoms with Crippen LogP contribution in [0, 0.1) is 5.92 Å². The van der Waals surface area contributed by atoms with E-state index in [2.05, 4.69) is 52.0 Å². The molecule has 2 aromatic rings. The van der Waals surface area contributed by atoms with E-state index in [4.69, 9.17) is 4.74 Å². The van der Waals surface area contributed by atoms with Crippen LogP contribution < -0.4 is 0 Å². The molecule has 4 rings (SSSR count). The van der Waals surface area contributed by atoms with Gasteiger partial charge in [-0.3, -0.25) is 4.79 Å². The summed E-state index contributed by atoms with van der Waals surface area (Å²) in [6.45, 7) is 8.29. The van der Waals surface area contributed by atoms with E-state index in [0.717, 1.165) is 21.9 Å². The first-order valence-electron chi connectivity index (χ1n) is 7.80. The molecule has 1 heterocycles. The number of carbonyl (C=O) groups is 1. The Hall–Kier alpha value is -1.93. The number of Topliss-reactive ketones (excluding diaryl/α,β-unsaturated/α-hetero) is 1. The lowest BCUT2D eigenvalue weighted by Gasteiger charge is -2.57. The van der Waals surface area contributed by atoms with E-state index < -0.39 is 5.60 Å². The number of ketones is 1. The first kappa shape index (κ1) is 13.7. The Labute approximate surface area is 130 Å². The van der Waals surface area contributed by atoms with Crippen molar-refractivity contribution in [1.82, 2.24) is 0 Å². The van der Waals surface area contributed by atoms with Crippen LogP contribution in [0.15, 0.2) is 48.0 Å². The van der Waals surface area contributed by atoms with Gasteiger partial charge in [-0.1, -0.05) is 48.0 Å². The summed E-state index contributed by atoms with van der Waals surface area (Å²) < 4.78 is 6.28. The third-order valence-electron chi connectivity index (χ3n) is 5.00. The predicted molar refractivity (Wildman–Crippen MR) is 88.0 cm³/mol. The Kier molecular flexibility index (Phi) is 2.54. The summed E-state index contributed by atoms with van der Waals surface area (Å²) in [4.78, 5) is 13.2. The summed E-state index contributed by atoms with van der Waals surface area (Å²) in [6, 6.07) is 12.1. The van der Waals surface area contributed by atoms with Crippen molar-refractivity contribution in [3.05, 3.63) is 59.2 Å². The molecular formula is C20H20O2. The maximum atomic E-state index is 13.2. The molecule has 0 saturated carbocycles. The van der Waals surface area contributed by atoms with Crippen LogP contribution in [0.25, 0.3) is 10.8 Å². The van der Waals surface area contributed by atoms with E-state index in [1.165, 1.54) is 5.57 Å². The zero-order valence-electron chi connectivity index (χ0n) is 13.4. The van der Waals surface area contributed by atoms with Crippen LogP contribution in [0.4, 0.5) is 0 Å². The van der Waals surface area contributed by atoms with Gasteiger partial charge < -0.3 is 4.74 Å². The Bertz CT molecular complexity index is 835. The number of ether oxygens (including phenoxy) is 1. The summed E-state index contributed by atoms with van der Waals surface area (Å²) >= 11 is 0. The summed E-state index contributed by atoms with van der Waals surface area (Å²) in [6.07, 6.45) is 2.20. The molecule has 1 aliphatic carbocycles. The molecule has 2 nitrogen and oxygen atoms in total. The summed E-state index contributed by atoms with van der Waals surface area (Å²) in [5.41, 5.74) is 1.90. The number of benzene rings is 2. The van der Waals surface area contributed by atoms with E-state index in [-0.39, 0.29) is 17.3 Å². The zero-order chi connectivity index (χ0) is 15.7. The number of allylic oxidation sites excluding steroid dienone is 1. The number of rotatable bonds is 1. The highest BCUT2D eigenvalue weighted by atomic mass is 16.6. The van der Waals surface area contributed by atoms with Crippen LogP contribution in [0.1, 0.15) is 43.6 Å². The van der Waals surface area contributed by atoms with Crippen LogP contribution in [0.3, 0.4) is 0 Å². The lowest BCUT2D eigenvalue weighted by molar-refractivity contribution is -0.271. The van der Waals surface area contributed by atoms with Crippen molar-refractivity contribution in [2.45, 2.75) is 38.9 Å². The Morgan fingerprint density at radius 1 is 1.14 bits per heavy atom. The number of carbonyl (C=O) groups excluding carboxylic acids is 1. The minimum absolute atomic E-state index is 0.0653. The maximum absolute atomic E-state index is 13.2. The molecule has 22 heavy (non-hydrogen) atoms. The van der Waals surface area contributed by atoms with E-state index in [9.17, 15) is 4.79 Å². The van der Waals surface area contributed by atoms with Crippen LogP contribution in [0.2, 0.25) is 0 Å². The summed E-state index contributed by atoms with van der Waals surface area (Å²) in [7, 11) is 0. The second kappa shape index (κ2) is 4.08. The van der Waals surface area contributed by atoms with Crippen molar-refractivity contribution in [2.24, 2.45) is 5.92 Å². The van der Waals surface area contributed by atoms with E-state index in [1.807, 2.05) is 18.2 Å². The molecule has 2 heteroatoms.